The van der Waals surface area contributed by atoms with E-state index in [1.165, 1.54) is 12.1 Å². The highest BCUT2D eigenvalue weighted by molar-refractivity contribution is 7.13. The molecule has 10 heteroatoms. The molecular formula is C18H11F2N5O2S. The van der Waals surface area contributed by atoms with Crippen LogP contribution in [-0.2, 0) is 6.61 Å². The van der Waals surface area contributed by atoms with Crippen LogP contribution in [0.4, 0.5) is 14.6 Å². The standard InChI is InChI=1S/C18H11F2N5O2S/c19-11-6-4-10(5-7-11)9-27-18-21-8-13(20)16(23-18)22-17(26)12-2-1-3-14-15(12)28-25-24-14/h1-8H,9H2,(H,21,22,23,26). The third-order valence-electron chi connectivity index (χ3n) is 3.75. The van der Waals surface area contributed by atoms with Crippen molar-refractivity contribution in [3.63, 3.8) is 0 Å². The Morgan fingerprint density at radius 2 is 1.96 bits per heavy atom. The second-order valence-electron chi connectivity index (χ2n) is 5.65. The maximum atomic E-state index is 14.0. The summed E-state index contributed by atoms with van der Waals surface area (Å²) in [5.74, 6) is -2.04. The SMILES string of the molecule is O=C(Nc1nc(OCc2ccc(F)cc2)ncc1F)c1cccc2nnsc12. The van der Waals surface area contributed by atoms with Gasteiger partial charge in [0, 0.05) is 0 Å². The molecule has 0 atom stereocenters. The molecule has 2 heterocycles. The van der Waals surface area contributed by atoms with Gasteiger partial charge in [-0.05, 0) is 41.4 Å². The van der Waals surface area contributed by atoms with Gasteiger partial charge in [0.1, 0.15) is 17.9 Å². The minimum absolute atomic E-state index is 0.0607. The summed E-state index contributed by atoms with van der Waals surface area (Å²) in [6.45, 7) is 0.0607. The second-order valence-corrected chi connectivity index (χ2v) is 6.40. The third kappa shape index (κ3) is 3.76. The summed E-state index contributed by atoms with van der Waals surface area (Å²) in [5, 5.41) is 6.32. The molecule has 2 aromatic heterocycles. The Bertz CT molecular complexity index is 1150. The Morgan fingerprint density at radius 1 is 1.14 bits per heavy atom. The molecule has 0 aliphatic carbocycles. The van der Waals surface area contributed by atoms with E-state index in [0.29, 0.717) is 21.3 Å². The monoisotopic (exact) mass is 399 g/mol. The molecule has 0 bridgehead atoms. The second kappa shape index (κ2) is 7.61. The Kier molecular flexibility index (Phi) is 4.85. The van der Waals surface area contributed by atoms with Gasteiger partial charge in [0.2, 0.25) is 0 Å². The van der Waals surface area contributed by atoms with Crippen LogP contribution < -0.4 is 10.1 Å². The fourth-order valence-electron chi connectivity index (χ4n) is 2.40. The summed E-state index contributed by atoms with van der Waals surface area (Å²) in [6, 6.07) is 10.5. The van der Waals surface area contributed by atoms with Crippen LogP contribution in [0.3, 0.4) is 0 Å². The molecule has 0 aliphatic heterocycles. The van der Waals surface area contributed by atoms with Crippen molar-refractivity contribution in [1.82, 2.24) is 19.6 Å². The minimum atomic E-state index is -0.808. The van der Waals surface area contributed by atoms with Crippen LogP contribution >= 0.6 is 11.5 Å². The van der Waals surface area contributed by atoms with E-state index in [9.17, 15) is 13.6 Å². The molecule has 0 saturated carbocycles. The number of ether oxygens (including phenoxy) is 1. The van der Waals surface area contributed by atoms with Crippen molar-refractivity contribution >= 4 is 33.5 Å². The van der Waals surface area contributed by atoms with Crippen LogP contribution in [0.1, 0.15) is 15.9 Å². The number of nitrogens with one attached hydrogen (secondary N) is 1. The number of amides is 1. The van der Waals surface area contributed by atoms with Gasteiger partial charge in [-0.3, -0.25) is 4.79 Å². The van der Waals surface area contributed by atoms with E-state index in [1.807, 2.05) is 0 Å². The number of carbonyl (C=O) groups is 1. The molecule has 0 fully saturated rings. The Morgan fingerprint density at radius 3 is 2.79 bits per heavy atom. The zero-order valence-electron chi connectivity index (χ0n) is 14.1. The molecule has 0 spiro atoms. The highest BCUT2D eigenvalue weighted by Crippen LogP contribution is 2.22. The van der Waals surface area contributed by atoms with Crippen molar-refractivity contribution in [2.75, 3.05) is 5.32 Å². The van der Waals surface area contributed by atoms with Crippen molar-refractivity contribution in [1.29, 1.82) is 0 Å². The molecular weight excluding hydrogens is 388 g/mol. The normalized spacial score (nSPS) is 10.8. The first kappa shape index (κ1) is 17.9. The number of aromatic nitrogens is 4. The molecule has 0 aliphatic rings. The van der Waals surface area contributed by atoms with E-state index in [-0.39, 0.29) is 24.3 Å². The highest BCUT2D eigenvalue weighted by Gasteiger charge is 2.16. The van der Waals surface area contributed by atoms with Crippen molar-refractivity contribution in [3.8, 4) is 6.01 Å². The summed E-state index contributed by atoms with van der Waals surface area (Å²) < 4.78 is 36.8. The quantitative estimate of drug-likeness (QED) is 0.552. The molecule has 1 amide bonds. The summed E-state index contributed by atoms with van der Waals surface area (Å²) in [6.07, 6.45) is 0.900. The van der Waals surface area contributed by atoms with Crippen LogP contribution in [0.15, 0.2) is 48.7 Å². The number of anilines is 1. The van der Waals surface area contributed by atoms with Crippen molar-refractivity contribution in [3.05, 3.63) is 71.4 Å². The first-order valence-electron chi connectivity index (χ1n) is 8.02. The average molecular weight is 399 g/mol. The lowest BCUT2D eigenvalue weighted by molar-refractivity contribution is 0.102. The molecule has 1 N–H and O–H groups in total. The largest absolute Gasteiger partial charge is 0.459 e. The minimum Gasteiger partial charge on any atom is -0.459 e. The molecule has 7 nitrogen and oxygen atoms in total. The van der Waals surface area contributed by atoms with E-state index < -0.39 is 11.7 Å². The number of hydrogen-bond acceptors (Lipinski definition) is 7. The van der Waals surface area contributed by atoms with Crippen molar-refractivity contribution in [2.24, 2.45) is 0 Å². The highest BCUT2D eigenvalue weighted by atomic mass is 32.1. The number of nitrogens with zero attached hydrogens (tertiary/aromatic N) is 4. The number of halogens is 2. The van der Waals surface area contributed by atoms with Gasteiger partial charge in [0.05, 0.1) is 16.5 Å². The summed E-state index contributed by atoms with van der Waals surface area (Å²) >= 11 is 1.07. The molecule has 0 saturated heterocycles. The van der Waals surface area contributed by atoms with Crippen molar-refractivity contribution in [2.45, 2.75) is 6.61 Å². The van der Waals surface area contributed by atoms with Gasteiger partial charge in [-0.25, -0.2) is 13.8 Å². The smallest absolute Gasteiger partial charge is 0.318 e. The number of fused-ring (bicyclic) bond motifs is 1. The zero-order valence-corrected chi connectivity index (χ0v) is 14.9. The number of hydrogen-bond donors (Lipinski definition) is 1. The number of carbonyl (C=O) groups excluding carboxylic acids is 1. The lowest BCUT2D eigenvalue weighted by Gasteiger charge is -2.08. The Labute approximate surface area is 161 Å². The molecule has 140 valence electrons. The Hall–Kier alpha value is -3.53. The molecule has 4 aromatic rings. The van der Waals surface area contributed by atoms with E-state index >= 15 is 0 Å². The predicted octanol–water partition coefficient (Wildman–Crippen LogP) is 3.59. The van der Waals surface area contributed by atoms with Gasteiger partial charge in [0.15, 0.2) is 11.6 Å². The molecule has 0 unspecified atom stereocenters. The van der Waals surface area contributed by atoms with E-state index in [2.05, 4.69) is 24.9 Å². The first-order valence-corrected chi connectivity index (χ1v) is 8.80. The lowest BCUT2D eigenvalue weighted by Crippen LogP contribution is -2.15. The molecule has 4 rings (SSSR count). The summed E-state index contributed by atoms with van der Waals surface area (Å²) in [7, 11) is 0. The fraction of sp³-hybridized carbons (Fsp3) is 0.0556. The van der Waals surface area contributed by atoms with Gasteiger partial charge in [-0.2, -0.15) is 4.98 Å². The van der Waals surface area contributed by atoms with Crippen molar-refractivity contribution < 1.29 is 18.3 Å². The maximum Gasteiger partial charge on any atom is 0.318 e. The van der Waals surface area contributed by atoms with E-state index in [4.69, 9.17) is 4.74 Å². The predicted molar refractivity (Wildman–Crippen MR) is 98.1 cm³/mol. The molecule has 0 radical (unpaired) electrons. The number of rotatable bonds is 5. The van der Waals surface area contributed by atoms with Gasteiger partial charge in [-0.1, -0.05) is 22.7 Å². The van der Waals surface area contributed by atoms with Crippen LogP contribution in [-0.4, -0.2) is 25.5 Å². The van der Waals surface area contributed by atoms with E-state index in [0.717, 1.165) is 17.7 Å². The summed E-state index contributed by atoms with van der Waals surface area (Å²) in [5.41, 5.74) is 1.56. The van der Waals surface area contributed by atoms with Crippen LogP contribution in [0.2, 0.25) is 0 Å². The van der Waals surface area contributed by atoms with Gasteiger partial charge >= 0.3 is 6.01 Å². The van der Waals surface area contributed by atoms with Crippen LogP contribution in [0.25, 0.3) is 10.2 Å². The summed E-state index contributed by atoms with van der Waals surface area (Å²) in [4.78, 5) is 20.2. The van der Waals surface area contributed by atoms with Crippen LogP contribution in [0.5, 0.6) is 6.01 Å². The maximum absolute atomic E-state index is 14.0. The Balaban J connectivity index is 1.51. The lowest BCUT2D eigenvalue weighted by atomic mass is 10.2. The van der Waals surface area contributed by atoms with Gasteiger partial charge in [-0.15, -0.1) is 5.10 Å². The average Bonchev–Trinajstić information content (AvgIpc) is 3.18. The van der Waals surface area contributed by atoms with Gasteiger partial charge in [0.25, 0.3) is 5.91 Å². The molecule has 2 aromatic carbocycles. The first-order chi connectivity index (χ1) is 13.6. The fourth-order valence-corrected chi connectivity index (χ4v) is 3.07. The topological polar surface area (TPSA) is 89.9 Å². The van der Waals surface area contributed by atoms with Gasteiger partial charge < -0.3 is 10.1 Å². The third-order valence-corrected chi connectivity index (χ3v) is 4.53. The zero-order chi connectivity index (χ0) is 19.5. The van der Waals surface area contributed by atoms with Crippen LogP contribution in [0, 0.1) is 11.6 Å². The van der Waals surface area contributed by atoms with E-state index in [1.54, 1.807) is 30.3 Å². The molecule has 28 heavy (non-hydrogen) atoms. The number of benzene rings is 2.